The van der Waals surface area contributed by atoms with Gasteiger partial charge in [0.25, 0.3) is 0 Å². The molecule has 2 fully saturated rings. The van der Waals surface area contributed by atoms with Crippen molar-refractivity contribution in [3.8, 4) is 0 Å². The van der Waals surface area contributed by atoms with Gasteiger partial charge in [-0.1, -0.05) is 0 Å². The number of H-pyrrole nitrogens is 1. The van der Waals surface area contributed by atoms with Crippen LogP contribution in [-0.2, 0) is 0 Å². The number of carbonyl (C=O) groups is 1. The molecule has 2 saturated carbocycles. The molecule has 0 saturated heterocycles. The van der Waals surface area contributed by atoms with Gasteiger partial charge in [0.2, 0.25) is 0 Å². The molecule has 2 aliphatic rings. The minimum absolute atomic E-state index is 0.0940. The van der Waals surface area contributed by atoms with Crippen molar-refractivity contribution in [1.29, 1.82) is 0 Å². The number of aromatic amines is 1. The smallest absolute Gasteiger partial charge is 0.408 e. The second-order valence-corrected chi connectivity index (χ2v) is 7.24. The fraction of sp³-hybridized carbons (Fsp3) is 0.529. The summed E-state index contributed by atoms with van der Waals surface area (Å²) in [6, 6.07) is 3.86. The molecule has 8 heteroatoms. The van der Waals surface area contributed by atoms with E-state index in [4.69, 9.17) is 0 Å². The number of aromatic nitrogens is 4. The van der Waals surface area contributed by atoms with E-state index in [0.717, 1.165) is 37.8 Å². The minimum atomic E-state index is -0.790. The van der Waals surface area contributed by atoms with Crippen molar-refractivity contribution < 1.29 is 9.90 Å². The van der Waals surface area contributed by atoms with E-state index in [9.17, 15) is 9.90 Å². The molecule has 0 spiro atoms. The summed E-state index contributed by atoms with van der Waals surface area (Å²) in [5, 5.41) is 20.1. The van der Waals surface area contributed by atoms with Crippen LogP contribution in [0.4, 0.5) is 16.4 Å². The van der Waals surface area contributed by atoms with E-state index in [1.54, 1.807) is 17.2 Å². The normalized spacial score (nSPS) is 24.0. The van der Waals surface area contributed by atoms with Crippen LogP contribution >= 0.6 is 0 Å². The van der Waals surface area contributed by atoms with Gasteiger partial charge < -0.3 is 10.4 Å². The Hall–Kier alpha value is -2.64. The SMILES string of the molecule is CC1(N(C(=O)O)C2CCC(c3cc(Nc4ccncn4)n[nH]3)C2)CC1. The molecule has 0 bridgehead atoms. The van der Waals surface area contributed by atoms with E-state index in [1.165, 1.54) is 6.33 Å². The Labute approximate surface area is 145 Å². The lowest BCUT2D eigenvalue weighted by atomic mass is 10.0. The predicted octanol–water partition coefficient (Wildman–Crippen LogP) is 3.11. The van der Waals surface area contributed by atoms with Crippen LogP contribution in [0.5, 0.6) is 0 Å². The van der Waals surface area contributed by atoms with Gasteiger partial charge in [-0.15, -0.1) is 0 Å². The largest absolute Gasteiger partial charge is 0.465 e. The Morgan fingerprint density at radius 1 is 1.40 bits per heavy atom. The first kappa shape index (κ1) is 15.9. The number of hydrogen-bond donors (Lipinski definition) is 3. The molecule has 3 N–H and O–H groups in total. The molecule has 8 nitrogen and oxygen atoms in total. The number of hydrogen-bond acceptors (Lipinski definition) is 5. The summed E-state index contributed by atoms with van der Waals surface area (Å²) in [4.78, 5) is 21.4. The molecule has 0 aromatic carbocycles. The van der Waals surface area contributed by atoms with Gasteiger partial charge in [-0.2, -0.15) is 5.10 Å². The fourth-order valence-electron chi connectivity index (χ4n) is 3.83. The van der Waals surface area contributed by atoms with Gasteiger partial charge >= 0.3 is 6.09 Å². The summed E-state index contributed by atoms with van der Waals surface area (Å²) in [6.07, 6.45) is 7.02. The lowest BCUT2D eigenvalue weighted by Crippen LogP contribution is -2.45. The second-order valence-electron chi connectivity index (χ2n) is 7.24. The zero-order chi connectivity index (χ0) is 17.4. The Morgan fingerprint density at radius 2 is 2.24 bits per heavy atom. The van der Waals surface area contributed by atoms with Gasteiger partial charge in [-0.05, 0) is 45.1 Å². The van der Waals surface area contributed by atoms with Crippen molar-refractivity contribution in [2.75, 3.05) is 5.32 Å². The molecule has 2 aromatic heterocycles. The number of rotatable bonds is 5. The molecule has 25 heavy (non-hydrogen) atoms. The molecule has 2 unspecified atom stereocenters. The molecule has 2 heterocycles. The topological polar surface area (TPSA) is 107 Å². The van der Waals surface area contributed by atoms with E-state index < -0.39 is 6.09 Å². The van der Waals surface area contributed by atoms with E-state index in [0.29, 0.717) is 17.6 Å². The maximum absolute atomic E-state index is 11.7. The van der Waals surface area contributed by atoms with Gasteiger partial charge in [0.1, 0.15) is 12.1 Å². The third kappa shape index (κ3) is 3.16. The number of nitrogens with zero attached hydrogens (tertiary/aromatic N) is 4. The first-order valence-corrected chi connectivity index (χ1v) is 8.66. The lowest BCUT2D eigenvalue weighted by Gasteiger charge is -2.32. The first-order chi connectivity index (χ1) is 12.0. The summed E-state index contributed by atoms with van der Waals surface area (Å²) in [7, 11) is 0. The Bertz CT molecular complexity index is 758. The van der Waals surface area contributed by atoms with Gasteiger partial charge in [-0.3, -0.25) is 10.00 Å². The van der Waals surface area contributed by atoms with Crippen LogP contribution in [0.3, 0.4) is 0 Å². The highest BCUT2D eigenvalue weighted by Crippen LogP contribution is 2.47. The van der Waals surface area contributed by atoms with Crippen LogP contribution in [0.15, 0.2) is 24.7 Å². The maximum Gasteiger partial charge on any atom is 0.408 e. The Balaban J connectivity index is 1.43. The summed E-state index contributed by atoms with van der Waals surface area (Å²) in [5.41, 5.74) is 0.893. The van der Waals surface area contributed by atoms with Crippen molar-refractivity contribution in [3.63, 3.8) is 0 Å². The Morgan fingerprint density at radius 3 is 2.92 bits per heavy atom. The highest BCUT2D eigenvalue weighted by molar-refractivity contribution is 5.67. The molecule has 132 valence electrons. The molecule has 2 atom stereocenters. The number of anilines is 2. The quantitative estimate of drug-likeness (QED) is 0.771. The van der Waals surface area contributed by atoms with Gasteiger partial charge in [0, 0.05) is 35.5 Å². The fourth-order valence-corrected chi connectivity index (χ4v) is 3.83. The van der Waals surface area contributed by atoms with Crippen molar-refractivity contribution in [2.45, 2.75) is 56.5 Å². The van der Waals surface area contributed by atoms with Crippen LogP contribution in [0, 0.1) is 0 Å². The monoisotopic (exact) mass is 342 g/mol. The maximum atomic E-state index is 11.7. The summed E-state index contributed by atoms with van der Waals surface area (Å²) in [6.45, 7) is 2.05. The van der Waals surface area contributed by atoms with Crippen molar-refractivity contribution in [2.24, 2.45) is 0 Å². The summed E-state index contributed by atoms with van der Waals surface area (Å²) >= 11 is 0. The van der Waals surface area contributed by atoms with Crippen LogP contribution in [0.2, 0.25) is 0 Å². The standard InChI is InChI=1S/C17H22N6O2/c1-17(5-6-17)23(16(24)25)12-3-2-11(8-12)13-9-15(22-21-13)20-14-4-7-18-10-19-14/h4,7,9-12H,2-3,5-6,8H2,1H3,(H,24,25)(H2,18,19,20,21,22). The molecule has 0 aliphatic heterocycles. The predicted molar refractivity (Wildman–Crippen MR) is 91.8 cm³/mol. The highest BCUT2D eigenvalue weighted by Gasteiger charge is 2.50. The minimum Gasteiger partial charge on any atom is -0.465 e. The van der Waals surface area contributed by atoms with Gasteiger partial charge in [0.15, 0.2) is 5.82 Å². The second kappa shape index (κ2) is 6.02. The Kier molecular flexibility index (Phi) is 3.82. The molecule has 0 radical (unpaired) electrons. The third-order valence-electron chi connectivity index (χ3n) is 5.41. The van der Waals surface area contributed by atoms with Crippen molar-refractivity contribution in [3.05, 3.63) is 30.4 Å². The molecular formula is C17H22N6O2. The van der Waals surface area contributed by atoms with Crippen molar-refractivity contribution >= 4 is 17.7 Å². The molecule has 4 rings (SSSR count). The van der Waals surface area contributed by atoms with Crippen molar-refractivity contribution in [1.82, 2.24) is 25.1 Å². The third-order valence-corrected chi connectivity index (χ3v) is 5.41. The van der Waals surface area contributed by atoms with Crippen LogP contribution < -0.4 is 5.32 Å². The zero-order valence-corrected chi connectivity index (χ0v) is 14.1. The van der Waals surface area contributed by atoms with E-state index in [1.807, 2.05) is 13.0 Å². The van der Waals surface area contributed by atoms with E-state index in [2.05, 4.69) is 25.5 Å². The average Bonchev–Trinajstić information content (AvgIpc) is 3.00. The highest BCUT2D eigenvalue weighted by atomic mass is 16.4. The average molecular weight is 342 g/mol. The zero-order valence-electron chi connectivity index (χ0n) is 14.1. The lowest BCUT2D eigenvalue weighted by molar-refractivity contribution is 0.0955. The van der Waals surface area contributed by atoms with Crippen LogP contribution in [-0.4, -0.2) is 47.8 Å². The van der Waals surface area contributed by atoms with E-state index in [-0.39, 0.29) is 11.6 Å². The molecular weight excluding hydrogens is 320 g/mol. The summed E-state index contributed by atoms with van der Waals surface area (Å²) < 4.78 is 0. The molecule has 2 aliphatic carbocycles. The van der Waals surface area contributed by atoms with Gasteiger partial charge in [-0.25, -0.2) is 14.8 Å². The van der Waals surface area contributed by atoms with Crippen LogP contribution in [0.1, 0.15) is 50.6 Å². The number of carboxylic acid groups (broad SMARTS) is 1. The summed E-state index contributed by atoms with van der Waals surface area (Å²) in [5.74, 6) is 1.71. The van der Waals surface area contributed by atoms with Crippen LogP contribution in [0.25, 0.3) is 0 Å². The first-order valence-electron chi connectivity index (χ1n) is 8.66. The van der Waals surface area contributed by atoms with E-state index >= 15 is 0 Å². The molecule has 1 amide bonds. The molecule has 2 aromatic rings. The number of nitrogens with one attached hydrogen (secondary N) is 2. The number of amides is 1. The van der Waals surface area contributed by atoms with Gasteiger partial charge in [0.05, 0.1) is 0 Å².